The predicted molar refractivity (Wildman–Crippen MR) is 68.6 cm³/mol. The van der Waals surface area contributed by atoms with Gasteiger partial charge in [-0.1, -0.05) is 25.1 Å². The Bertz CT molecular complexity index is 340. The molecule has 2 unspecified atom stereocenters. The van der Waals surface area contributed by atoms with Gasteiger partial charge in [0.15, 0.2) is 0 Å². The van der Waals surface area contributed by atoms with Gasteiger partial charge in [-0.05, 0) is 30.5 Å². The van der Waals surface area contributed by atoms with Crippen molar-refractivity contribution < 1.29 is 0 Å². The maximum atomic E-state index is 3.61. The van der Waals surface area contributed by atoms with Crippen LogP contribution in [0, 0.1) is 13.8 Å². The van der Waals surface area contributed by atoms with Crippen LogP contribution >= 0.6 is 11.8 Å². The van der Waals surface area contributed by atoms with Crippen LogP contribution in [0.15, 0.2) is 18.2 Å². The third-order valence-corrected chi connectivity index (χ3v) is 4.39. The number of rotatable bonds is 1. The number of hydrogen-bond acceptors (Lipinski definition) is 2. The minimum absolute atomic E-state index is 0.547. The van der Waals surface area contributed by atoms with E-state index in [0.717, 1.165) is 11.8 Å². The highest BCUT2D eigenvalue weighted by atomic mass is 32.2. The van der Waals surface area contributed by atoms with Crippen molar-refractivity contribution in [2.75, 3.05) is 12.3 Å². The molecule has 1 fully saturated rings. The van der Waals surface area contributed by atoms with E-state index in [0.29, 0.717) is 6.04 Å². The Balaban J connectivity index is 2.12. The zero-order valence-corrected chi connectivity index (χ0v) is 10.5. The molecule has 1 nitrogen and oxygen atoms in total. The summed E-state index contributed by atoms with van der Waals surface area (Å²) in [6.45, 7) is 7.78. The fraction of sp³-hybridized carbons (Fsp3) is 0.538. The minimum atomic E-state index is 0.547. The molecule has 1 N–H and O–H groups in total. The maximum absolute atomic E-state index is 3.61. The van der Waals surface area contributed by atoms with Crippen LogP contribution in [0.2, 0.25) is 0 Å². The smallest absolute Gasteiger partial charge is 0.0412 e. The fourth-order valence-electron chi connectivity index (χ4n) is 1.88. The van der Waals surface area contributed by atoms with Gasteiger partial charge in [0.2, 0.25) is 0 Å². The molecule has 1 aliphatic heterocycles. The molecule has 1 aromatic carbocycles. The molecular formula is C13H19NS. The highest BCUT2D eigenvalue weighted by molar-refractivity contribution is 8.00. The molecular weight excluding hydrogens is 202 g/mol. The van der Waals surface area contributed by atoms with Crippen molar-refractivity contribution in [2.24, 2.45) is 0 Å². The Morgan fingerprint density at radius 1 is 1.27 bits per heavy atom. The highest BCUT2D eigenvalue weighted by Gasteiger charge is 2.19. The molecule has 15 heavy (non-hydrogen) atoms. The standard InChI is InChI=1S/C13H19NS/c1-9-4-5-12(6-10(9)2)13-8-15-11(3)7-14-13/h4-6,11,13-14H,7-8H2,1-3H3. The Hall–Kier alpha value is -0.470. The van der Waals surface area contributed by atoms with Crippen molar-refractivity contribution in [1.82, 2.24) is 5.32 Å². The van der Waals surface area contributed by atoms with E-state index in [1.54, 1.807) is 0 Å². The van der Waals surface area contributed by atoms with E-state index < -0.39 is 0 Å². The molecule has 0 aromatic heterocycles. The molecule has 0 saturated carbocycles. The molecule has 1 heterocycles. The van der Waals surface area contributed by atoms with E-state index in [2.05, 4.69) is 56.0 Å². The molecule has 0 spiro atoms. The average Bonchev–Trinajstić information content (AvgIpc) is 2.23. The number of thioether (sulfide) groups is 1. The van der Waals surface area contributed by atoms with Gasteiger partial charge in [0.05, 0.1) is 0 Å². The number of nitrogens with one attached hydrogen (secondary N) is 1. The topological polar surface area (TPSA) is 12.0 Å². The molecule has 1 saturated heterocycles. The van der Waals surface area contributed by atoms with E-state index in [1.807, 2.05) is 0 Å². The van der Waals surface area contributed by atoms with Crippen LogP contribution in [0.4, 0.5) is 0 Å². The number of hydrogen-bond donors (Lipinski definition) is 1. The normalized spacial score (nSPS) is 26.6. The van der Waals surface area contributed by atoms with Crippen molar-refractivity contribution in [3.05, 3.63) is 34.9 Å². The van der Waals surface area contributed by atoms with E-state index in [-0.39, 0.29) is 0 Å². The Morgan fingerprint density at radius 2 is 2.07 bits per heavy atom. The lowest BCUT2D eigenvalue weighted by Gasteiger charge is -2.28. The zero-order chi connectivity index (χ0) is 10.8. The van der Waals surface area contributed by atoms with Crippen LogP contribution in [0.3, 0.4) is 0 Å². The Morgan fingerprint density at radius 3 is 2.67 bits per heavy atom. The minimum Gasteiger partial charge on any atom is -0.308 e. The third-order valence-electron chi connectivity index (χ3n) is 3.13. The van der Waals surface area contributed by atoms with Gasteiger partial charge in [-0.3, -0.25) is 0 Å². The molecule has 0 radical (unpaired) electrons. The largest absolute Gasteiger partial charge is 0.308 e. The van der Waals surface area contributed by atoms with Crippen molar-refractivity contribution in [1.29, 1.82) is 0 Å². The molecule has 1 aromatic rings. The van der Waals surface area contributed by atoms with E-state index in [4.69, 9.17) is 0 Å². The summed E-state index contributed by atoms with van der Waals surface area (Å²) in [5.74, 6) is 1.20. The van der Waals surface area contributed by atoms with Gasteiger partial charge in [-0.25, -0.2) is 0 Å². The average molecular weight is 221 g/mol. The second kappa shape index (κ2) is 4.58. The summed E-state index contributed by atoms with van der Waals surface area (Å²) in [5.41, 5.74) is 4.23. The van der Waals surface area contributed by atoms with Crippen LogP contribution in [-0.4, -0.2) is 17.5 Å². The summed E-state index contributed by atoms with van der Waals surface area (Å²) >= 11 is 2.07. The first-order valence-corrected chi connectivity index (χ1v) is 6.64. The first-order chi connectivity index (χ1) is 7.16. The van der Waals surface area contributed by atoms with Crippen LogP contribution in [0.1, 0.15) is 29.7 Å². The molecule has 0 amide bonds. The summed E-state index contributed by atoms with van der Waals surface area (Å²) in [4.78, 5) is 0. The second-order valence-corrected chi connectivity index (χ2v) is 5.92. The van der Waals surface area contributed by atoms with Gasteiger partial charge >= 0.3 is 0 Å². The lowest BCUT2D eigenvalue weighted by Crippen LogP contribution is -2.34. The van der Waals surface area contributed by atoms with Gasteiger partial charge in [0, 0.05) is 23.6 Å². The summed E-state index contributed by atoms with van der Waals surface area (Å²) in [7, 11) is 0. The van der Waals surface area contributed by atoms with Gasteiger partial charge in [0.25, 0.3) is 0 Å². The Labute approximate surface area is 96.7 Å². The van der Waals surface area contributed by atoms with Gasteiger partial charge < -0.3 is 5.32 Å². The molecule has 1 aliphatic rings. The first-order valence-electron chi connectivity index (χ1n) is 5.59. The van der Waals surface area contributed by atoms with E-state index in [1.165, 1.54) is 22.4 Å². The van der Waals surface area contributed by atoms with Crippen LogP contribution in [0.5, 0.6) is 0 Å². The lowest BCUT2D eigenvalue weighted by atomic mass is 10.0. The molecule has 2 atom stereocenters. The third kappa shape index (κ3) is 2.56. The molecule has 2 rings (SSSR count). The molecule has 0 aliphatic carbocycles. The fourth-order valence-corrected chi connectivity index (χ4v) is 2.93. The summed E-state index contributed by atoms with van der Waals surface area (Å²) < 4.78 is 0. The highest BCUT2D eigenvalue weighted by Crippen LogP contribution is 2.26. The quantitative estimate of drug-likeness (QED) is 0.782. The van der Waals surface area contributed by atoms with Crippen LogP contribution in [0.25, 0.3) is 0 Å². The molecule has 2 heteroatoms. The summed E-state index contributed by atoms with van der Waals surface area (Å²) in [6, 6.07) is 7.36. The van der Waals surface area contributed by atoms with Gasteiger partial charge in [-0.2, -0.15) is 11.8 Å². The Kier molecular flexibility index (Phi) is 3.37. The van der Waals surface area contributed by atoms with Crippen molar-refractivity contribution in [3.8, 4) is 0 Å². The van der Waals surface area contributed by atoms with Crippen molar-refractivity contribution >= 4 is 11.8 Å². The van der Waals surface area contributed by atoms with Crippen LogP contribution in [-0.2, 0) is 0 Å². The number of benzene rings is 1. The SMILES string of the molecule is Cc1ccc(C2CSC(C)CN2)cc1C. The number of aryl methyl sites for hydroxylation is 2. The monoisotopic (exact) mass is 221 g/mol. The molecule has 82 valence electrons. The lowest BCUT2D eigenvalue weighted by molar-refractivity contribution is 0.563. The summed E-state index contributed by atoms with van der Waals surface area (Å²) in [5, 5.41) is 4.37. The first kappa shape index (κ1) is 11.0. The van der Waals surface area contributed by atoms with Gasteiger partial charge in [0.1, 0.15) is 0 Å². The van der Waals surface area contributed by atoms with E-state index in [9.17, 15) is 0 Å². The summed E-state index contributed by atoms with van der Waals surface area (Å²) in [6.07, 6.45) is 0. The maximum Gasteiger partial charge on any atom is 0.0412 e. The zero-order valence-electron chi connectivity index (χ0n) is 9.71. The molecule has 0 bridgehead atoms. The van der Waals surface area contributed by atoms with Crippen molar-refractivity contribution in [3.63, 3.8) is 0 Å². The predicted octanol–water partition coefficient (Wildman–Crippen LogP) is 3.07. The van der Waals surface area contributed by atoms with Crippen LogP contribution < -0.4 is 5.32 Å². The van der Waals surface area contributed by atoms with Gasteiger partial charge in [-0.15, -0.1) is 0 Å². The van der Waals surface area contributed by atoms with Crippen molar-refractivity contribution in [2.45, 2.75) is 32.1 Å². The second-order valence-electron chi connectivity index (χ2n) is 4.45. The van der Waals surface area contributed by atoms with E-state index >= 15 is 0 Å².